The van der Waals surface area contributed by atoms with Crippen LogP contribution in [0.1, 0.15) is 16.2 Å². The highest BCUT2D eigenvalue weighted by Crippen LogP contribution is 2.32. The quantitative estimate of drug-likeness (QED) is 0.428. The molecule has 33 heavy (non-hydrogen) atoms. The molecule has 0 aliphatic heterocycles. The molecular formula is C17H9Cl4F3N4O4S. The molecule has 176 valence electrons. The SMILES string of the molecule is Cc1c(C(=O)NS(=O)(=O)c2cc(Cl)c(Cl)cc2Cl)nnn1-c1ccc(OC(F)(F)F)cc1Cl. The van der Waals surface area contributed by atoms with Gasteiger partial charge in [0.2, 0.25) is 0 Å². The highest BCUT2D eigenvalue weighted by atomic mass is 35.5. The van der Waals surface area contributed by atoms with Crippen molar-refractivity contribution in [2.45, 2.75) is 18.2 Å². The van der Waals surface area contributed by atoms with Crippen molar-refractivity contribution in [2.75, 3.05) is 0 Å². The highest BCUT2D eigenvalue weighted by molar-refractivity contribution is 7.90. The highest BCUT2D eigenvalue weighted by Gasteiger charge is 2.31. The third kappa shape index (κ3) is 5.64. The molecule has 0 unspecified atom stereocenters. The minimum atomic E-state index is -4.91. The summed E-state index contributed by atoms with van der Waals surface area (Å²) in [6, 6.07) is 5.09. The molecule has 3 aromatic rings. The number of hydrogen-bond acceptors (Lipinski definition) is 6. The van der Waals surface area contributed by atoms with Gasteiger partial charge in [0.25, 0.3) is 15.9 Å². The molecular weight excluding hydrogens is 555 g/mol. The Morgan fingerprint density at radius 2 is 1.67 bits per heavy atom. The number of rotatable bonds is 5. The molecule has 0 radical (unpaired) electrons. The first-order chi connectivity index (χ1) is 15.2. The van der Waals surface area contributed by atoms with Gasteiger partial charge >= 0.3 is 6.36 Å². The Kier molecular flexibility index (Phi) is 7.06. The molecule has 0 spiro atoms. The van der Waals surface area contributed by atoms with Crippen LogP contribution < -0.4 is 9.46 Å². The van der Waals surface area contributed by atoms with Gasteiger partial charge in [-0.2, -0.15) is 0 Å². The first-order valence-corrected chi connectivity index (χ1v) is 11.4. The zero-order valence-corrected chi connectivity index (χ0v) is 19.8. The van der Waals surface area contributed by atoms with Crippen LogP contribution in [0.4, 0.5) is 13.2 Å². The van der Waals surface area contributed by atoms with Gasteiger partial charge in [0.15, 0.2) is 5.69 Å². The number of nitrogens with one attached hydrogen (secondary N) is 1. The fraction of sp³-hybridized carbons (Fsp3) is 0.118. The Bertz CT molecular complexity index is 1360. The molecule has 1 amide bonds. The Labute approximate surface area is 204 Å². The van der Waals surface area contributed by atoms with Crippen molar-refractivity contribution in [3.05, 3.63) is 61.8 Å². The number of alkyl halides is 3. The Balaban J connectivity index is 1.89. The van der Waals surface area contributed by atoms with E-state index in [1.807, 2.05) is 0 Å². The summed E-state index contributed by atoms with van der Waals surface area (Å²) < 4.78 is 68.9. The van der Waals surface area contributed by atoms with Gasteiger partial charge in [0, 0.05) is 6.07 Å². The van der Waals surface area contributed by atoms with Gasteiger partial charge in [-0.25, -0.2) is 17.8 Å². The van der Waals surface area contributed by atoms with Crippen LogP contribution in [-0.4, -0.2) is 35.7 Å². The van der Waals surface area contributed by atoms with Gasteiger partial charge in [0.1, 0.15) is 10.6 Å². The standard InChI is InChI=1S/C17H9Cl4F3N4O4S/c1-7-15(16(29)26-33(30,31)14-6-10(19)9(18)5-12(14)21)25-27-28(7)13-3-2-8(4-11(13)20)32-17(22,23)24/h2-6H,1H3,(H,26,29). The lowest BCUT2D eigenvalue weighted by Gasteiger charge is -2.11. The first kappa shape index (κ1) is 25.4. The Morgan fingerprint density at radius 1 is 1.03 bits per heavy atom. The number of halogens is 7. The molecule has 0 aliphatic rings. The van der Waals surface area contributed by atoms with Crippen LogP contribution in [0.2, 0.25) is 20.1 Å². The van der Waals surface area contributed by atoms with Gasteiger partial charge in [-0.05, 0) is 31.2 Å². The minimum absolute atomic E-state index is 0.00858. The summed E-state index contributed by atoms with van der Waals surface area (Å²) in [5, 5.41) is 6.77. The van der Waals surface area contributed by atoms with Crippen LogP contribution in [0.25, 0.3) is 5.69 Å². The maximum absolute atomic E-state index is 12.6. The lowest BCUT2D eigenvalue weighted by atomic mass is 10.2. The van der Waals surface area contributed by atoms with E-state index in [1.165, 1.54) is 6.92 Å². The summed E-state index contributed by atoms with van der Waals surface area (Å²) in [5.74, 6) is -1.73. The zero-order chi connectivity index (χ0) is 24.7. The van der Waals surface area contributed by atoms with E-state index in [0.29, 0.717) is 0 Å². The van der Waals surface area contributed by atoms with Crippen molar-refractivity contribution < 1.29 is 31.1 Å². The predicted octanol–water partition coefficient (Wildman–Crippen LogP) is 5.21. The van der Waals surface area contributed by atoms with Crippen LogP contribution in [0.5, 0.6) is 5.75 Å². The van der Waals surface area contributed by atoms with Gasteiger partial charge in [-0.3, -0.25) is 4.79 Å². The van der Waals surface area contributed by atoms with E-state index in [0.717, 1.165) is 35.0 Å². The van der Waals surface area contributed by atoms with E-state index in [-0.39, 0.29) is 31.5 Å². The van der Waals surface area contributed by atoms with Crippen LogP contribution in [-0.2, 0) is 10.0 Å². The van der Waals surface area contributed by atoms with Gasteiger partial charge in [-0.15, -0.1) is 18.3 Å². The maximum atomic E-state index is 12.6. The third-order valence-corrected chi connectivity index (χ3v) is 6.80. The lowest BCUT2D eigenvalue weighted by molar-refractivity contribution is -0.274. The molecule has 1 heterocycles. The van der Waals surface area contributed by atoms with Gasteiger partial charge in [0.05, 0.1) is 31.5 Å². The second-order valence-electron chi connectivity index (χ2n) is 6.23. The Hall–Kier alpha value is -2.25. The third-order valence-electron chi connectivity index (χ3n) is 3.98. The van der Waals surface area contributed by atoms with E-state index >= 15 is 0 Å². The molecule has 0 bridgehead atoms. The fourth-order valence-electron chi connectivity index (χ4n) is 2.56. The summed E-state index contributed by atoms with van der Waals surface area (Å²) in [6.45, 7) is 1.37. The number of amides is 1. The molecule has 1 aromatic heterocycles. The maximum Gasteiger partial charge on any atom is 0.573 e. The number of aromatic nitrogens is 3. The fourth-order valence-corrected chi connectivity index (χ4v) is 4.77. The number of carbonyl (C=O) groups excluding carboxylic acids is 1. The van der Waals surface area contributed by atoms with Crippen molar-refractivity contribution >= 4 is 62.3 Å². The second-order valence-corrected chi connectivity index (χ2v) is 9.51. The largest absolute Gasteiger partial charge is 0.573 e. The summed E-state index contributed by atoms with van der Waals surface area (Å²) in [6.07, 6.45) is -4.91. The molecule has 0 atom stereocenters. The minimum Gasteiger partial charge on any atom is -0.406 e. The van der Waals surface area contributed by atoms with Crippen molar-refractivity contribution in [3.8, 4) is 11.4 Å². The van der Waals surface area contributed by atoms with E-state index in [4.69, 9.17) is 46.4 Å². The molecule has 1 N–H and O–H groups in total. The van der Waals surface area contributed by atoms with Crippen molar-refractivity contribution in [1.29, 1.82) is 0 Å². The molecule has 8 nitrogen and oxygen atoms in total. The normalized spacial score (nSPS) is 12.0. The molecule has 0 aliphatic carbocycles. The zero-order valence-electron chi connectivity index (χ0n) is 15.9. The number of hydrogen-bond donors (Lipinski definition) is 1. The topological polar surface area (TPSA) is 103 Å². The van der Waals surface area contributed by atoms with E-state index in [2.05, 4.69) is 15.0 Å². The van der Waals surface area contributed by atoms with Crippen LogP contribution >= 0.6 is 46.4 Å². The summed E-state index contributed by atoms with van der Waals surface area (Å²) in [7, 11) is -4.48. The summed E-state index contributed by atoms with van der Waals surface area (Å²) in [5.41, 5.74) is -0.304. The van der Waals surface area contributed by atoms with E-state index < -0.39 is 38.6 Å². The Morgan fingerprint density at radius 3 is 2.27 bits per heavy atom. The van der Waals surface area contributed by atoms with Gasteiger partial charge in [-0.1, -0.05) is 51.6 Å². The smallest absolute Gasteiger partial charge is 0.406 e. The van der Waals surface area contributed by atoms with Crippen LogP contribution in [0.15, 0.2) is 35.2 Å². The summed E-state index contributed by atoms with van der Waals surface area (Å²) >= 11 is 23.5. The summed E-state index contributed by atoms with van der Waals surface area (Å²) in [4.78, 5) is 12.1. The molecule has 3 rings (SSSR count). The van der Waals surface area contributed by atoms with E-state index in [9.17, 15) is 26.4 Å². The monoisotopic (exact) mass is 562 g/mol. The number of sulfonamides is 1. The number of ether oxygens (including phenoxy) is 1. The van der Waals surface area contributed by atoms with Crippen molar-refractivity contribution in [1.82, 2.24) is 19.7 Å². The van der Waals surface area contributed by atoms with Crippen LogP contribution in [0.3, 0.4) is 0 Å². The molecule has 0 fully saturated rings. The average molecular weight is 564 g/mol. The molecule has 2 aromatic carbocycles. The molecule has 0 saturated heterocycles. The number of carbonyl (C=O) groups is 1. The van der Waals surface area contributed by atoms with Crippen LogP contribution in [0, 0.1) is 6.92 Å². The van der Waals surface area contributed by atoms with Crippen molar-refractivity contribution in [3.63, 3.8) is 0 Å². The van der Waals surface area contributed by atoms with E-state index in [1.54, 1.807) is 4.72 Å². The average Bonchev–Trinajstić information content (AvgIpc) is 3.04. The second kappa shape index (κ2) is 9.18. The van der Waals surface area contributed by atoms with Gasteiger partial charge < -0.3 is 4.74 Å². The number of nitrogens with zero attached hydrogens (tertiary/aromatic N) is 3. The van der Waals surface area contributed by atoms with Crippen molar-refractivity contribution in [2.24, 2.45) is 0 Å². The first-order valence-electron chi connectivity index (χ1n) is 8.39. The predicted molar refractivity (Wildman–Crippen MR) is 114 cm³/mol. The molecule has 0 saturated carbocycles. The lowest BCUT2D eigenvalue weighted by Crippen LogP contribution is -2.31. The molecule has 16 heteroatoms. The number of benzene rings is 2.